The SMILES string of the molecule is CC(=O)c1ccc(C)c(NS(=O)(=O)c2ccc3c(c2)CCCN3C(C)=O)c1. The molecule has 2 aromatic carbocycles. The summed E-state index contributed by atoms with van der Waals surface area (Å²) in [5.41, 5.74) is 3.16. The molecule has 1 heterocycles. The first-order valence-corrected chi connectivity index (χ1v) is 10.2. The number of aryl methyl sites for hydroxylation is 2. The van der Waals surface area contributed by atoms with E-state index in [-0.39, 0.29) is 16.6 Å². The predicted octanol–water partition coefficient (Wildman–Crippen LogP) is 3.30. The van der Waals surface area contributed by atoms with Crippen LogP contribution in [0.4, 0.5) is 11.4 Å². The molecule has 0 saturated heterocycles. The van der Waals surface area contributed by atoms with Gasteiger partial charge in [-0.15, -0.1) is 0 Å². The monoisotopic (exact) mass is 386 g/mol. The molecule has 27 heavy (non-hydrogen) atoms. The fraction of sp³-hybridized carbons (Fsp3) is 0.300. The average molecular weight is 386 g/mol. The first kappa shape index (κ1) is 19.1. The van der Waals surface area contributed by atoms with Crippen LogP contribution in [0.1, 0.15) is 41.8 Å². The first-order valence-electron chi connectivity index (χ1n) is 8.74. The second-order valence-corrected chi connectivity index (χ2v) is 8.44. The first-order chi connectivity index (χ1) is 12.7. The molecule has 7 heteroatoms. The summed E-state index contributed by atoms with van der Waals surface area (Å²) in [4.78, 5) is 25.2. The van der Waals surface area contributed by atoms with Gasteiger partial charge in [0.2, 0.25) is 5.91 Å². The van der Waals surface area contributed by atoms with Gasteiger partial charge in [0.1, 0.15) is 0 Å². The van der Waals surface area contributed by atoms with Gasteiger partial charge in [0, 0.05) is 24.7 Å². The summed E-state index contributed by atoms with van der Waals surface area (Å²) in [7, 11) is -3.81. The molecule has 142 valence electrons. The topological polar surface area (TPSA) is 83.6 Å². The van der Waals surface area contributed by atoms with Gasteiger partial charge in [-0.05, 0) is 62.1 Å². The summed E-state index contributed by atoms with van der Waals surface area (Å²) in [5, 5.41) is 0. The lowest BCUT2D eigenvalue weighted by atomic mass is 10.0. The fourth-order valence-corrected chi connectivity index (χ4v) is 4.39. The maximum atomic E-state index is 12.9. The van der Waals surface area contributed by atoms with E-state index in [4.69, 9.17) is 0 Å². The lowest BCUT2D eigenvalue weighted by Gasteiger charge is -2.28. The number of hydrogen-bond donors (Lipinski definition) is 1. The zero-order valence-corrected chi connectivity index (χ0v) is 16.4. The third-order valence-corrected chi connectivity index (χ3v) is 6.11. The van der Waals surface area contributed by atoms with Crippen molar-refractivity contribution in [1.29, 1.82) is 0 Å². The Hall–Kier alpha value is -2.67. The van der Waals surface area contributed by atoms with E-state index in [1.165, 1.54) is 19.9 Å². The van der Waals surface area contributed by atoms with E-state index in [9.17, 15) is 18.0 Å². The number of ketones is 1. The lowest BCUT2D eigenvalue weighted by Crippen LogP contribution is -2.33. The van der Waals surface area contributed by atoms with Crippen molar-refractivity contribution in [3.05, 3.63) is 53.1 Å². The molecule has 0 bridgehead atoms. The normalized spacial score (nSPS) is 13.8. The summed E-state index contributed by atoms with van der Waals surface area (Å²) < 4.78 is 28.3. The summed E-state index contributed by atoms with van der Waals surface area (Å²) in [6, 6.07) is 9.74. The van der Waals surface area contributed by atoms with Crippen molar-refractivity contribution in [1.82, 2.24) is 0 Å². The van der Waals surface area contributed by atoms with Crippen LogP contribution in [0.5, 0.6) is 0 Å². The largest absolute Gasteiger partial charge is 0.312 e. The van der Waals surface area contributed by atoms with Crippen LogP contribution in [0.15, 0.2) is 41.3 Å². The van der Waals surface area contributed by atoms with Crippen molar-refractivity contribution in [2.24, 2.45) is 0 Å². The number of amides is 1. The Bertz CT molecular complexity index is 1030. The Morgan fingerprint density at radius 2 is 1.81 bits per heavy atom. The van der Waals surface area contributed by atoms with Crippen molar-refractivity contribution in [2.45, 2.75) is 38.5 Å². The molecule has 0 unspecified atom stereocenters. The van der Waals surface area contributed by atoms with E-state index < -0.39 is 10.0 Å². The van der Waals surface area contributed by atoms with Crippen LogP contribution in [0, 0.1) is 6.92 Å². The van der Waals surface area contributed by atoms with Crippen LogP contribution in [0.2, 0.25) is 0 Å². The smallest absolute Gasteiger partial charge is 0.261 e. The minimum absolute atomic E-state index is 0.0543. The third-order valence-electron chi connectivity index (χ3n) is 4.75. The van der Waals surface area contributed by atoms with E-state index in [2.05, 4.69) is 4.72 Å². The molecule has 1 aliphatic rings. The van der Waals surface area contributed by atoms with Crippen LogP contribution in [0.3, 0.4) is 0 Å². The van der Waals surface area contributed by atoms with Gasteiger partial charge in [0.05, 0.1) is 10.6 Å². The van der Waals surface area contributed by atoms with Crippen LogP contribution in [-0.4, -0.2) is 26.7 Å². The molecule has 2 aromatic rings. The van der Waals surface area contributed by atoms with E-state index in [0.29, 0.717) is 17.8 Å². The van der Waals surface area contributed by atoms with Crippen LogP contribution < -0.4 is 9.62 Å². The van der Waals surface area contributed by atoms with Gasteiger partial charge in [-0.1, -0.05) is 12.1 Å². The Kier molecular flexibility index (Phi) is 5.06. The highest BCUT2D eigenvalue weighted by atomic mass is 32.2. The molecule has 0 aliphatic carbocycles. The van der Waals surface area contributed by atoms with Gasteiger partial charge in [-0.3, -0.25) is 14.3 Å². The molecule has 0 atom stereocenters. The Morgan fingerprint density at radius 1 is 1.07 bits per heavy atom. The number of fused-ring (bicyclic) bond motifs is 1. The van der Waals surface area contributed by atoms with Crippen molar-refractivity contribution >= 4 is 33.1 Å². The van der Waals surface area contributed by atoms with Gasteiger partial charge >= 0.3 is 0 Å². The summed E-state index contributed by atoms with van der Waals surface area (Å²) >= 11 is 0. The Balaban J connectivity index is 1.96. The number of rotatable bonds is 4. The number of carbonyl (C=O) groups excluding carboxylic acids is 2. The van der Waals surface area contributed by atoms with Crippen molar-refractivity contribution in [3.63, 3.8) is 0 Å². The van der Waals surface area contributed by atoms with Crippen molar-refractivity contribution < 1.29 is 18.0 Å². The number of sulfonamides is 1. The number of Topliss-reactive ketones (excluding diaryl/α,β-unsaturated/α-hetero) is 1. The van der Waals surface area contributed by atoms with Gasteiger partial charge in [-0.2, -0.15) is 0 Å². The van der Waals surface area contributed by atoms with E-state index in [1.807, 2.05) is 0 Å². The molecule has 0 saturated carbocycles. The van der Waals surface area contributed by atoms with Crippen LogP contribution >= 0.6 is 0 Å². The zero-order valence-electron chi connectivity index (χ0n) is 15.6. The number of benzene rings is 2. The number of carbonyl (C=O) groups is 2. The molecular formula is C20H22N2O4S. The molecule has 1 aliphatic heterocycles. The zero-order chi connectivity index (χ0) is 19.8. The van der Waals surface area contributed by atoms with Crippen LogP contribution in [-0.2, 0) is 21.2 Å². The highest BCUT2D eigenvalue weighted by Gasteiger charge is 2.23. The lowest BCUT2D eigenvalue weighted by molar-refractivity contribution is -0.116. The highest BCUT2D eigenvalue weighted by molar-refractivity contribution is 7.92. The summed E-state index contributed by atoms with van der Waals surface area (Å²) in [6.45, 7) is 5.36. The molecule has 0 radical (unpaired) electrons. The van der Waals surface area contributed by atoms with Gasteiger partial charge < -0.3 is 4.90 Å². The fourth-order valence-electron chi connectivity index (χ4n) is 3.22. The minimum Gasteiger partial charge on any atom is -0.312 e. The molecule has 3 rings (SSSR count). The van der Waals surface area contributed by atoms with Gasteiger partial charge in [0.15, 0.2) is 5.78 Å². The van der Waals surface area contributed by atoms with E-state index in [0.717, 1.165) is 29.7 Å². The molecular weight excluding hydrogens is 364 g/mol. The Labute approximate surface area is 159 Å². The molecule has 0 aromatic heterocycles. The molecule has 6 nitrogen and oxygen atoms in total. The maximum Gasteiger partial charge on any atom is 0.261 e. The number of hydrogen-bond acceptors (Lipinski definition) is 4. The van der Waals surface area contributed by atoms with E-state index in [1.54, 1.807) is 42.2 Å². The molecule has 1 amide bonds. The molecule has 0 fully saturated rings. The summed E-state index contributed by atoms with van der Waals surface area (Å²) in [6.07, 6.45) is 1.52. The average Bonchev–Trinajstić information content (AvgIpc) is 2.62. The summed E-state index contributed by atoms with van der Waals surface area (Å²) in [5.74, 6) is -0.185. The Morgan fingerprint density at radius 3 is 2.48 bits per heavy atom. The number of nitrogens with zero attached hydrogens (tertiary/aromatic N) is 1. The van der Waals surface area contributed by atoms with E-state index >= 15 is 0 Å². The third kappa shape index (κ3) is 3.88. The quantitative estimate of drug-likeness (QED) is 0.817. The second-order valence-electron chi connectivity index (χ2n) is 6.76. The van der Waals surface area contributed by atoms with Gasteiger partial charge in [-0.25, -0.2) is 8.42 Å². The van der Waals surface area contributed by atoms with Crippen LogP contribution in [0.25, 0.3) is 0 Å². The van der Waals surface area contributed by atoms with Crippen molar-refractivity contribution in [2.75, 3.05) is 16.2 Å². The molecule has 1 N–H and O–H groups in total. The molecule has 0 spiro atoms. The standard InChI is InChI=1S/C20H22N2O4S/c1-13-6-7-16(14(2)23)12-19(13)21-27(25,26)18-8-9-20-17(11-18)5-4-10-22(20)15(3)24/h6-9,11-12,21H,4-5,10H2,1-3H3. The minimum atomic E-state index is -3.81. The van der Waals surface area contributed by atoms with Gasteiger partial charge in [0.25, 0.3) is 10.0 Å². The maximum absolute atomic E-state index is 12.9. The number of nitrogens with one attached hydrogen (secondary N) is 1. The van der Waals surface area contributed by atoms with Crippen molar-refractivity contribution in [3.8, 4) is 0 Å². The number of anilines is 2. The predicted molar refractivity (Wildman–Crippen MR) is 105 cm³/mol. The highest BCUT2D eigenvalue weighted by Crippen LogP contribution is 2.30. The second kappa shape index (κ2) is 7.15.